The first-order valence-corrected chi connectivity index (χ1v) is 44.1. The summed E-state index contributed by atoms with van der Waals surface area (Å²) in [5.41, 5.74) is -1.36. The standard InChI is InChI=1S/C4H17Cl9Si9/c5-19(6,3-20(7,8)9)4-21(10,11)18-17-16-14-1-2-15-22(18,12)13/h18H,1-4,14-17H2. The summed E-state index contributed by atoms with van der Waals surface area (Å²) in [6.45, 7) is -2.74. The van der Waals surface area contributed by atoms with Gasteiger partial charge >= 0.3 is 6.00 Å². The number of hydrogen-bond donors (Lipinski definition) is 0. The van der Waals surface area contributed by atoms with Crippen molar-refractivity contribution in [2.45, 2.75) is 23.4 Å². The minimum absolute atomic E-state index is 0.122. The van der Waals surface area contributed by atoms with Gasteiger partial charge < -0.3 is 0 Å². The number of rotatable bonds is 5. The normalized spacial score (nSPS) is 29.0. The topological polar surface area (TPSA) is 0 Å². The Morgan fingerprint density at radius 1 is 0.909 bits per heavy atom. The van der Waals surface area contributed by atoms with E-state index in [4.69, 9.17) is 99.7 Å². The van der Waals surface area contributed by atoms with Crippen molar-refractivity contribution >= 4 is 167 Å². The van der Waals surface area contributed by atoms with Gasteiger partial charge in [-0.25, -0.2) is 0 Å². The predicted octanol–water partition coefficient (Wildman–Crippen LogP) is 2.21. The zero-order valence-electron chi connectivity index (χ0n) is 11.6. The largest absolute Gasteiger partial charge is 0.341 e. The SMILES string of the molecule is Cl[Si](Cl)(Cl)C[Si](Cl)(Cl)C[Si](Cl)(Cl)[SiH]1[SiH2][SiH2][SiH2]CC[SiH2][Si]1(Cl)Cl. The van der Waals surface area contributed by atoms with E-state index in [0.29, 0.717) is 5.67 Å². The molecule has 0 aromatic heterocycles. The van der Waals surface area contributed by atoms with E-state index in [0.717, 1.165) is 0 Å². The fraction of sp³-hybridized carbons (Fsp3) is 1.00. The van der Waals surface area contributed by atoms with Crippen LogP contribution in [0.4, 0.5) is 0 Å². The molecular formula is C4H17Cl9Si9. The lowest BCUT2D eigenvalue weighted by Crippen LogP contribution is -2.67. The lowest BCUT2D eigenvalue weighted by atomic mass is 11.0. The van der Waals surface area contributed by atoms with Crippen molar-refractivity contribution in [1.29, 1.82) is 0 Å². The van der Waals surface area contributed by atoms with Crippen LogP contribution in [-0.2, 0) is 0 Å². The van der Waals surface area contributed by atoms with Crippen molar-refractivity contribution in [3.05, 3.63) is 0 Å². The van der Waals surface area contributed by atoms with Gasteiger partial charge in [-0.1, -0.05) is 12.1 Å². The van der Waals surface area contributed by atoms with Gasteiger partial charge in [0.15, 0.2) is 0 Å². The molecule has 22 heavy (non-hydrogen) atoms. The Hall–Kier alpha value is 4.56. The Balaban J connectivity index is 2.89. The fourth-order valence-corrected chi connectivity index (χ4v) is 278. The lowest BCUT2D eigenvalue weighted by Gasteiger charge is -2.37. The first-order chi connectivity index (χ1) is 9.75. The predicted molar refractivity (Wildman–Crippen MR) is 136 cm³/mol. The summed E-state index contributed by atoms with van der Waals surface area (Å²) in [5, 5.41) is 0. The van der Waals surface area contributed by atoms with Crippen LogP contribution in [-0.4, -0.2) is 67.2 Å². The zero-order chi connectivity index (χ0) is 17.2. The molecule has 0 radical (unpaired) electrons. The van der Waals surface area contributed by atoms with Gasteiger partial charge in [-0.05, 0) is 22.8 Å². The van der Waals surface area contributed by atoms with Gasteiger partial charge in [-0.3, -0.25) is 0 Å². The zero-order valence-corrected chi connectivity index (χ0v) is 29.3. The molecule has 0 spiro atoms. The minimum atomic E-state index is -2.88. The molecule has 0 aliphatic carbocycles. The van der Waals surface area contributed by atoms with Crippen LogP contribution in [0.3, 0.4) is 0 Å². The molecule has 0 nitrogen and oxygen atoms in total. The minimum Gasteiger partial charge on any atom is -0.155 e. The second kappa shape index (κ2) is 9.85. The summed E-state index contributed by atoms with van der Waals surface area (Å²) in [7, 11) is -1.62. The maximum absolute atomic E-state index is 6.92. The van der Waals surface area contributed by atoms with Gasteiger partial charge in [-0.2, -0.15) is 44.3 Å². The van der Waals surface area contributed by atoms with Crippen LogP contribution < -0.4 is 0 Å². The van der Waals surface area contributed by atoms with E-state index < -0.39 is 32.0 Å². The van der Waals surface area contributed by atoms with Crippen LogP contribution in [0.25, 0.3) is 0 Å². The van der Waals surface area contributed by atoms with Gasteiger partial charge in [0, 0.05) is 23.7 Å². The molecule has 1 fully saturated rings. The van der Waals surface area contributed by atoms with E-state index in [-0.39, 0.29) is 40.9 Å². The summed E-state index contributed by atoms with van der Waals surface area (Å²) in [5.74, 6) is 0. The van der Waals surface area contributed by atoms with Crippen molar-refractivity contribution in [1.82, 2.24) is 0 Å². The highest BCUT2D eigenvalue weighted by Gasteiger charge is 2.57. The van der Waals surface area contributed by atoms with Crippen LogP contribution in [0.5, 0.6) is 0 Å². The molecule has 0 saturated carbocycles. The Bertz CT molecular complexity index is 371. The Kier molecular flexibility index (Phi) is 11.0. The van der Waals surface area contributed by atoms with E-state index in [9.17, 15) is 0 Å². The van der Waals surface area contributed by atoms with Crippen LogP contribution in [0.15, 0.2) is 0 Å². The van der Waals surface area contributed by atoms with E-state index in [1.807, 2.05) is 0 Å². The molecule has 1 atom stereocenters. The van der Waals surface area contributed by atoms with E-state index >= 15 is 0 Å². The monoisotopic (exact) mass is 632 g/mol. The van der Waals surface area contributed by atoms with Crippen molar-refractivity contribution in [2.24, 2.45) is 0 Å². The molecule has 18 heteroatoms. The average molecular weight is 637 g/mol. The van der Waals surface area contributed by atoms with Gasteiger partial charge in [-0.15, -0.1) is 55.4 Å². The molecule has 0 aromatic carbocycles. The molecular weight excluding hydrogens is 620 g/mol. The molecule has 1 aliphatic rings. The van der Waals surface area contributed by atoms with Gasteiger partial charge in [0.2, 0.25) is 11.9 Å². The molecule has 0 bridgehead atoms. The first-order valence-electron chi connectivity index (χ1n) is 6.95. The quantitative estimate of drug-likeness (QED) is 0.321. The summed E-state index contributed by atoms with van der Waals surface area (Å²) in [6, 6.07) is -0.0857. The van der Waals surface area contributed by atoms with Crippen LogP contribution in [0.1, 0.15) is 0 Å². The molecule has 132 valence electrons. The van der Waals surface area contributed by atoms with Crippen molar-refractivity contribution in [2.75, 3.05) is 0 Å². The summed E-state index contributed by atoms with van der Waals surface area (Å²) in [6.07, 6.45) is -2.55. The van der Waals surface area contributed by atoms with Crippen LogP contribution in [0.2, 0.25) is 23.4 Å². The van der Waals surface area contributed by atoms with E-state index in [2.05, 4.69) is 0 Å². The lowest BCUT2D eigenvalue weighted by molar-refractivity contribution is 1.45. The maximum atomic E-state index is 6.92. The summed E-state index contributed by atoms with van der Waals surface area (Å²) < 4.78 is 0. The second-order valence-corrected chi connectivity index (χ2v) is 92.5. The van der Waals surface area contributed by atoms with Gasteiger partial charge in [0.1, 0.15) is 0 Å². The number of halogens is 9. The van der Waals surface area contributed by atoms with Crippen LogP contribution in [0, 0.1) is 0 Å². The second-order valence-electron chi connectivity index (χ2n) is 5.85. The molecule has 1 saturated heterocycles. The van der Waals surface area contributed by atoms with E-state index in [1.165, 1.54) is 12.1 Å². The summed E-state index contributed by atoms with van der Waals surface area (Å²) >= 11 is 58.7. The van der Waals surface area contributed by atoms with Crippen molar-refractivity contribution in [3.8, 4) is 0 Å². The molecule has 0 amide bonds. The Morgan fingerprint density at radius 2 is 1.50 bits per heavy atom. The van der Waals surface area contributed by atoms with Crippen molar-refractivity contribution in [3.63, 3.8) is 0 Å². The Labute approximate surface area is 187 Å². The third-order valence-electron chi connectivity index (χ3n) is 3.73. The molecule has 1 rings (SSSR count). The first kappa shape index (κ1) is 24.6. The summed E-state index contributed by atoms with van der Waals surface area (Å²) in [4.78, 5) is 0. The third-order valence-corrected chi connectivity index (χ3v) is 152. The third kappa shape index (κ3) is 9.17. The maximum Gasteiger partial charge on any atom is 0.341 e. The molecule has 0 aromatic rings. The Morgan fingerprint density at radius 3 is 2.05 bits per heavy atom. The smallest absolute Gasteiger partial charge is 0.155 e. The molecule has 0 N–H and O–H groups in total. The van der Waals surface area contributed by atoms with E-state index in [1.54, 1.807) is 0 Å². The highest BCUT2D eigenvalue weighted by molar-refractivity contribution is 8.11. The van der Waals surface area contributed by atoms with Crippen LogP contribution >= 0.6 is 99.7 Å². The average Bonchev–Trinajstić information content (AvgIpc) is 2.18. The fourth-order valence-electron chi connectivity index (χ4n) is 2.79. The van der Waals surface area contributed by atoms with Gasteiger partial charge in [0.25, 0.3) is 6.69 Å². The number of hydrogen-bond acceptors (Lipinski definition) is 0. The highest BCUT2D eigenvalue weighted by atomic mass is 35.8. The van der Waals surface area contributed by atoms with Crippen molar-refractivity contribution < 1.29 is 0 Å². The molecule has 1 aliphatic heterocycles. The molecule has 1 heterocycles. The van der Waals surface area contributed by atoms with Gasteiger partial charge in [0.05, 0.1) is 7.35 Å². The highest BCUT2D eigenvalue weighted by Crippen LogP contribution is 2.43. The molecule has 1 unspecified atom stereocenters.